The van der Waals surface area contributed by atoms with Crippen molar-refractivity contribution in [1.29, 1.82) is 0 Å². The van der Waals surface area contributed by atoms with E-state index in [9.17, 15) is 9.59 Å². The number of amides is 1. The molecule has 6 aliphatic rings. The smallest absolute Gasteiger partial charge is 0.407 e. The number of benzene rings is 1. The van der Waals surface area contributed by atoms with Crippen molar-refractivity contribution in [2.75, 3.05) is 19.6 Å². The minimum atomic E-state index is -0.346. The number of fused-ring (bicyclic) bond motifs is 6. The largest absolute Gasteiger partial charge is 0.445 e. The van der Waals surface area contributed by atoms with Crippen molar-refractivity contribution in [2.24, 2.45) is 40.9 Å². The van der Waals surface area contributed by atoms with E-state index in [-0.39, 0.29) is 17.8 Å². The summed E-state index contributed by atoms with van der Waals surface area (Å²) < 4.78 is 12.7. The van der Waals surface area contributed by atoms with Gasteiger partial charge in [-0.15, -0.1) is 0 Å². The average Bonchev–Trinajstić information content (AvgIpc) is 3.47. The molecule has 44 heavy (non-hydrogen) atoms. The van der Waals surface area contributed by atoms with Gasteiger partial charge in [0.05, 0.1) is 11.7 Å². The van der Waals surface area contributed by atoms with Gasteiger partial charge in [-0.1, -0.05) is 62.2 Å². The Kier molecular flexibility index (Phi) is 8.23. The Bertz CT molecular complexity index is 1280. The van der Waals surface area contributed by atoms with Crippen LogP contribution in [0, 0.1) is 40.9 Å². The molecule has 0 aromatic heterocycles. The van der Waals surface area contributed by atoms with Crippen LogP contribution in [-0.4, -0.2) is 54.2 Å². The van der Waals surface area contributed by atoms with E-state index >= 15 is 0 Å². The summed E-state index contributed by atoms with van der Waals surface area (Å²) in [6, 6.07) is 10.2. The second-order valence-corrected chi connectivity index (χ2v) is 15.9. The van der Waals surface area contributed by atoms with Crippen LogP contribution in [-0.2, 0) is 20.9 Å². The molecule has 2 heterocycles. The lowest BCUT2D eigenvalue weighted by Crippen LogP contribution is -2.53. The quantitative estimate of drug-likeness (QED) is 0.358. The molecule has 10 atom stereocenters. The number of carbonyl (C=O) groups excluding carboxylic acids is 2. The monoisotopic (exact) mass is 602 g/mol. The van der Waals surface area contributed by atoms with Gasteiger partial charge < -0.3 is 14.8 Å². The van der Waals surface area contributed by atoms with Crippen molar-refractivity contribution in [2.45, 2.75) is 116 Å². The number of rotatable bonds is 5. The number of hydrogen-bond acceptors (Lipinski definition) is 5. The molecule has 3 saturated carbocycles. The first-order valence-corrected chi connectivity index (χ1v) is 17.7. The summed E-state index contributed by atoms with van der Waals surface area (Å²) >= 11 is 0. The van der Waals surface area contributed by atoms with Gasteiger partial charge in [0.2, 0.25) is 0 Å². The molecule has 240 valence electrons. The number of likely N-dealkylation sites (tertiary alicyclic amines) is 1. The van der Waals surface area contributed by atoms with Gasteiger partial charge in [0.15, 0.2) is 0 Å². The van der Waals surface area contributed by atoms with E-state index < -0.39 is 0 Å². The summed E-state index contributed by atoms with van der Waals surface area (Å²) in [4.78, 5) is 27.4. The van der Waals surface area contributed by atoms with E-state index in [0.717, 1.165) is 69.0 Å². The van der Waals surface area contributed by atoms with Crippen LogP contribution in [0.15, 0.2) is 41.5 Å². The van der Waals surface area contributed by atoms with Crippen molar-refractivity contribution in [3.05, 3.63) is 47.0 Å². The van der Waals surface area contributed by atoms with E-state index in [4.69, 9.17) is 9.47 Å². The SMILES string of the molecule is CC1=C2CC3[C@@H](CC[C@@H]4CC(=O)CC[C@]34C)C2CC[C@@]2(C1)O[C@@H]1C[C@H](C)CN(CCNC(=O)OCc3ccccc3)C1[C@H]2C. The standard InChI is InChI=1S/C38H54N2O4/c1-24-18-34-35(40(22-24)17-16-39-36(42)43-23-27-8-6-5-7-9-27)26(3)38(44-34)15-13-30-31-11-10-28-19-29(41)12-14-37(28,4)33(31)20-32(30)25(2)21-38/h5-9,24,26,28,30-31,33-35H,10-23H2,1-4H3,(H,39,42)/t24-,26+,28+,30?,31-,33?,34+,35?,37-,38-/m0/s1. The molecule has 6 nitrogen and oxygen atoms in total. The lowest BCUT2D eigenvalue weighted by Gasteiger charge is -2.52. The van der Waals surface area contributed by atoms with Crippen LogP contribution in [0.1, 0.15) is 97.5 Å². The molecule has 0 radical (unpaired) electrons. The first-order chi connectivity index (χ1) is 21.2. The zero-order valence-electron chi connectivity index (χ0n) is 27.5. The molecular formula is C38H54N2O4. The van der Waals surface area contributed by atoms with Crippen LogP contribution < -0.4 is 5.32 Å². The Morgan fingerprint density at radius 1 is 1.11 bits per heavy atom. The molecule has 7 rings (SSSR count). The number of piperidine rings is 1. The molecule has 1 amide bonds. The van der Waals surface area contributed by atoms with E-state index in [2.05, 4.69) is 37.9 Å². The highest BCUT2D eigenvalue weighted by Gasteiger charge is 2.60. The Labute approximate surface area is 264 Å². The fourth-order valence-corrected chi connectivity index (χ4v) is 11.3. The highest BCUT2D eigenvalue weighted by atomic mass is 16.5. The number of hydrogen-bond donors (Lipinski definition) is 1. The highest BCUT2D eigenvalue weighted by molar-refractivity contribution is 5.79. The number of nitrogens with one attached hydrogen (secondary N) is 1. The van der Waals surface area contributed by atoms with Crippen LogP contribution in [0.25, 0.3) is 0 Å². The fraction of sp³-hybridized carbons (Fsp3) is 0.737. The van der Waals surface area contributed by atoms with Crippen LogP contribution in [0.2, 0.25) is 0 Å². The summed E-state index contributed by atoms with van der Waals surface area (Å²) in [5.41, 5.74) is 4.64. The summed E-state index contributed by atoms with van der Waals surface area (Å²) in [6.45, 7) is 12.5. The molecule has 2 aliphatic heterocycles. The summed E-state index contributed by atoms with van der Waals surface area (Å²) in [7, 11) is 0. The number of Topliss-reactive ketones (excluding diaryl/α,β-unsaturated/α-hetero) is 1. The maximum Gasteiger partial charge on any atom is 0.407 e. The van der Waals surface area contributed by atoms with Gasteiger partial charge in [0.25, 0.3) is 0 Å². The van der Waals surface area contributed by atoms with Crippen LogP contribution in [0.5, 0.6) is 0 Å². The number of alkyl carbamates (subject to hydrolysis) is 1. The molecule has 1 aromatic rings. The molecule has 0 bridgehead atoms. The zero-order valence-corrected chi connectivity index (χ0v) is 27.5. The number of carbonyl (C=O) groups is 2. The predicted octanol–water partition coefficient (Wildman–Crippen LogP) is 7.32. The number of allylic oxidation sites excluding steroid dienone is 1. The van der Waals surface area contributed by atoms with Crippen molar-refractivity contribution in [1.82, 2.24) is 10.2 Å². The number of nitrogens with zero attached hydrogens (tertiary/aromatic N) is 1. The molecule has 1 N–H and O–H groups in total. The topological polar surface area (TPSA) is 67.9 Å². The van der Waals surface area contributed by atoms with E-state index in [1.807, 2.05) is 30.3 Å². The van der Waals surface area contributed by atoms with Gasteiger partial charge in [0, 0.05) is 44.4 Å². The molecule has 6 heteroatoms. The fourth-order valence-electron chi connectivity index (χ4n) is 11.3. The molecule has 2 saturated heterocycles. The molecule has 1 spiro atoms. The number of ketones is 1. The van der Waals surface area contributed by atoms with Crippen molar-refractivity contribution in [3.8, 4) is 0 Å². The molecule has 4 aliphatic carbocycles. The minimum Gasteiger partial charge on any atom is -0.445 e. The zero-order chi connectivity index (χ0) is 30.6. The predicted molar refractivity (Wildman–Crippen MR) is 172 cm³/mol. The van der Waals surface area contributed by atoms with Gasteiger partial charge in [0.1, 0.15) is 12.4 Å². The van der Waals surface area contributed by atoms with E-state index in [1.54, 1.807) is 11.1 Å². The maximum absolute atomic E-state index is 12.4. The third-order valence-electron chi connectivity index (χ3n) is 13.5. The molecule has 1 aromatic carbocycles. The third kappa shape index (κ3) is 5.36. The van der Waals surface area contributed by atoms with Gasteiger partial charge in [-0.05, 0) is 98.9 Å². The normalized spacial score (nSPS) is 41.9. The van der Waals surface area contributed by atoms with Gasteiger partial charge in [-0.25, -0.2) is 4.79 Å². The van der Waals surface area contributed by atoms with Crippen molar-refractivity contribution >= 4 is 11.9 Å². The Morgan fingerprint density at radius 3 is 2.75 bits per heavy atom. The first-order valence-electron chi connectivity index (χ1n) is 17.7. The lowest BCUT2D eigenvalue weighted by atomic mass is 9.52. The summed E-state index contributed by atoms with van der Waals surface area (Å²) in [6.07, 6.45) is 11.1. The first kappa shape index (κ1) is 30.5. The Morgan fingerprint density at radius 2 is 1.93 bits per heavy atom. The molecule has 5 fully saturated rings. The summed E-state index contributed by atoms with van der Waals surface area (Å²) in [5.74, 6) is 4.38. The lowest BCUT2D eigenvalue weighted by molar-refractivity contribution is -0.129. The highest BCUT2D eigenvalue weighted by Crippen LogP contribution is 2.65. The number of ether oxygens (including phenoxy) is 2. The molecular weight excluding hydrogens is 548 g/mol. The Balaban J connectivity index is 1.02. The second kappa shape index (κ2) is 11.9. The maximum atomic E-state index is 12.4. The minimum absolute atomic E-state index is 0.0883. The van der Waals surface area contributed by atoms with E-state index in [1.165, 1.54) is 25.7 Å². The van der Waals surface area contributed by atoms with Crippen LogP contribution in [0.4, 0.5) is 4.79 Å². The summed E-state index contributed by atoms with van der Waals surface area (Å²) in [5, 5.41) is 3.01. The van der Waals surface area contributed by atoms with Crippen molar-refractivity contribution in [3.63, 3.8) is 0 Å². The average molecular weight is 603 g/mol. The second-order valence-electron chi connectivity index (χ2n) is 15.9. The van der Waals surface area contributed by atoms with Gasteiger partial charge in [-0.2, -0.15) is 0 Å². The van der Waals surface area contributed by atoms with Crippen LogP contribution >= 0.6 is 0 Å². The van der Waals surface area contributed by atoms with Gasteiger partial charge >= 0.3 is 6.09 Å². The van der Waals surface area contributed by atoms with Crippen molar-refractivity contribution < 1.29 is 19.1 Å². The Hall–Kier alpha value is -2.18. The van der Waals surface area contributed by atoms with Crippen LogP contribution in [0.3, 0.4) is 0 Å². The molecule has 3 unspecified atom stereocenters. The van der Waals surface area contributed by atoms with Gasteiger partial charge in [-0.3, -0.25) is 9.69 Å². The van der Waals surface area contributed by atoms with E-state index in [0.29, 0.717) is 54.1 Å². The third-order valence-corrected chi connectivity index (χ3v) is 13.5.